The Labute approximate surface area is 260 Å². The van der Waals surface area contributed by atoms with Crippen LogP contribution in [0.15, 0.2) is 30.3 Å². The quantitative estimate of drug-likeness (QED) is 0.274. The molecule has 10 heteroatoms. The van der Waals surface area contributed by atoms with E-state index in [9.17, 15) is 9.90 Å². The van der Waals surface area contributed by atoms with Gasteiger partial charge in [0.25, 0.3) is 0 Å². The Hall–Kier alpha value is -3.21. The summed E-state index contributed by atoms with van der Waals surface area (Å²) in [4.78, 5) is 20.4. The van der Waals surface area contributed by atoms with Gasteiger partial charge in [-0.05, 0) is 90.0 Å². The Balaban J connectivity index is 0.961. The van der Waals surface area contributed by atoms with Gasteiger partial charge < -0.3 is 30.4 Å². The third-order valence-corrected chi connectivity index (χ3v) is 9.70. The van der Waals surface area contributed by atoms with E-state index < -0.39 is 5.60 Å². The number of hydrogen-bond acceptors (Lipinski definition) is 8. The summed E-state index contributed by atoms with van der Waals surface area (Å²) in [7, 11) is 0. The highest BCUT2D eigenvalue weighted by molar-refractivity contribution is 5.86. The van der Waals surface area contributed by atoms with Gasteiger partial charge in [-0.15, -0.1) is 10.2 Å². The lowest BCUT2D eigenvalue weighted by atomic mass is 9.87. The molecule has 0 spiro atoms. The maximum absolute atomic E-state index is 12.3. The zero-order chi connectivity index (χ0) is 30.8. The van der Waals surface area contributed by atoms with Crippen molar-refractivity contribution in [3.05, 3.63) is 41.6 Å². The molecule has 4 N–H and O–H groups in total. The highest BCUT2D eigenvalue weighted by atomic mass is 16.6. The minimum atomic E-state index is -0.445. The van der Waals surface area contributed by atoms with E-state index in [4.69, 9.17) is 4.74 Å². The molecule has 1 saturated carbocycles. The molecule has 1 saturated heterocycles. The predicted octanol–water partition coefficient (Wildman–Crippen LogP) is 5.14. The van der Waals surface area contributed by atoms with Gasteiger partial charge in [-0.3, -0.25) is 4.90 Å². The molecule has 2 aliphatic heterocycles. The van der Waals surface area contributed by atoms with Gasteiger partial charge in [0.2, 0.25) is 0 Å². The van der Waals surface area contributed by atoms with Crippen LogP contribution in [-0.4, -0.2) is 92.6 Å². The van der Waals surface area contributed by atoms with Gasteiger partial charge in [0.15, 0.2) is 5.65 Å². The first-order chi connectivity index (χ1) is 21.2. The first-order valence-corrected chi connectivity index (χ1v) is 16.5. The first kappa shape index (κ1) is 30.8. The molecule has 3 aromatic rings. The summed E-state index contributed by atoms with van der Waals surface area (Å²) in [6, 6.07) is 11.3. The standard InChI is InChI=1S/C34H49N7O3/c1-22-31-27-21-29(26-7-5-6-8-30(26)42)38-39-32(27)37-28(31)15-20-41(22)25-11-9-23(10-12-25)35-16-17-36-24-13-18-40(19-14-24)33(43)44-34(2,3)4/h5-8,21-25,35-36,42H,9-20H2,1-4H3,(H,37,39)/t22-,23-,25-/m1/s1. The fraction of sp³-hybridized carbons (Fsp3) is 0.618. The van der Waals surface area contributed by atoms with Gasteiger partial charge >= 0.3 is 6.09 Å². The summed E-state index contributed by atoms with van der Waals surface area (Å²) in [5.41, 5.74) is 4.40. The minimum Gasteiger partial charge on any atom is -0.507 e. The summed E-state index contributed by atoms with van der Waals surface area (Å²) in [6.07, 6.45) is 7.55. The molecule has 1 atom stereocenters. The Bertz CT molecular complexity index is 1430. The largest absolute Gasteiger partial charge is 0.507 e. The molecule has 4 heterocycles. The van der Waals surface area contributed by atoms with Gasteiger partial charge in [0.1, 0.15) is 11.4 Å². The fourth-order valence-electron chi connectivity index (χ4n) is 7.41. The second-order valence-corrected chi connectivity index (χ2v) is 13.8. The number of nitrogens with one attached hydrogen (secondary N) is 3. The number of nitrogens with zero attached hydrogens (tertiary/aromatic N) is 4. The molecule has 1 aliphatic carbocycles. The second-order valence-electron chi connectivity index (χ2n) is 13.8. The topological polar surface area (TPSA) is 119 Å². The lowest BCUT2D eigenvalue weighted by molar-refractivity contribution is 0.0198. The van der Waals surface area contributed by atoms with E-state index in [1.807, 2.05) is 43.9 Å². The number of carbonyl (C=O) groups is 1. The maximum atomic E-state index is 12.3. The normalized spacial score (nSPS) is 23.5. The Morgan fingerprint density at radius 1 is 1.00 bits per heavy atom. The van der Waals surface area contributed by atoms with Gasteiger partial charge in [-0.2, -0.15) is 0 Å². The van der Waals surface area contributed by atoms with Crippen molar-refractivity contribution in [2.45, 2.75) is 102 Å². The number of aromatic amines is 1. The van der Waals surface area contributed by atoms with Crippen LogP contribution in [0.25, 0.3) is 22.3 Å². The lowest BCUT2D eigenvalue weighted by Gasteiger charge is -2.43. The summed E-state index contributed by atoms with van der Waals surface area (Å²) in [5, 5.41) is 27.9. The average Bonchev–Trinajstić information content (AvgIpc) is 3.38. The number of rotatable bonds is 7. The minimum absolute atomic E-state index is 0.193. The molecule has 1 aromatic carbocycles. The molecule has 2 aromatic heterocycles. The van der Waals surface area contributed by atoms with Crippen molar-refractivity contribution in [1.29, 1.82) is 0 Å². The third kappa shape index (κ3) is 6.87. The lowest BCUT2D eigenvalue weighted by Crippen LogP contribution is -2.48. The number of benzene rings is 1. The van der Waals surface area contributed by atoms with Crippen molar-refractivity contribution in [3.63, 3.8) is 0 Å². The highest BCUT2D eigenvalue weighted by Crippen LogP contribution is 2.40. The first-order valence-electron chi connectivity index (χ1n) is 16.5. The van der Waals surface area contributed by atoms with Gasteiger partial charge in [-0.25, -0.2) is 4.79 Å². The molecule has 3 aliphatic rings. The SMILES string of the molecule is C[C@@H]1c2c([nH]c3nnc(-c4ccccc4O)cc23)CCN1[C@H]1CC[C@H](NCCNC2CCN(C(=O)OC(C)(C)C)CC2)CC1. The van der Waals surface area contributed by atoms with Crippen LogP contribution in [0.2, 0.25) is 0 Å². The molecule has 0 unspecified atom stereocenters. The van der Waals surface area contributed by atoms with Gasteiger partial charge in [0, 0.05) is 80.0 Å². The van der Waals surface area contributed by atoms with Crippen LogP contribution in [0.1, 0.15) is 83.5 Å². The highest BCUT2D eigenvalue weighted by Gasteiger charge is 2.34. The summed E-state index contributed by atoms with van der Waals surface area (Å²) in [5.74, 6) is 0.224. The van der Waals surface area contributed by atoms with Gasteiger partial charge in [-0.1, -0.05) is 12.1 Å². The number of amides is 1. The van der Waals surface area contributed by atoms with Crippen molar-refractivity contribution >= 4 is 17.1 Å². The number of ether oxygens (including phenoxy) is 1. The monoisotopic (exact) mass is 603 g/mol. The average molecular weight is 604 g/mol. The van der Waals surface area contributed by atoms with Crippen molar-refractivity contribution in [2.24, 2.45) is 0 Å². The molecule has 0 radical (unpaired) electrons. The number of H-pyrrole nitrogens is 1. The van der Waals surface area contributed by atoms with Crippen LogP contribution in [0.4, 0.5) is 4.79 Å². The van der Waals surface area contributed by atoms with Crippen molar-refractivity contribution in [3.8, 4) is 17.0 Å². The van der Waals surface area contributed by atoms with E-state index in [0.717, 1.165) is 63.0 Å². The Morgan fingerprint density at radius 3 is 2.36 bits per heavy atom. The number of phenols is 1. The smallest absolute Gasteiger partial charge is 0.410 e. The number of fused-ring (bicyclic) bond motifs is 3. The van der Waals surface area contributed by atoms with Crippen molar-refractivity contribution in [1.82, 2.24) is 35.6 Å². The van der Waals surface area contributed by atoms with E-state index in [1.54, 1.807) is 6.07 Å². The summed E-state index contributed by atoms with van der Waals surface area (Å²) in [6.45, 7) is 12.6. The molecule has 44 heavy (non-hydrogen) atoms. The van der Waals surface area contributed by atoms with E-state index >= 15 is 0 Å². The molecule has 2 fully saturated rings. The number of phenolic OH excluding ortho intramolecular Hbond substituents is 1. The van der Waals surface area contributed by atoms with Gasteiger partial charge in [0.05, 0.1) is 5.69 Å². The molecule has 0 bridgehead atoms. The van der Waals surface area contributed by atoms with E-state index in [-0.39, 0.29) is 11.8 Å². The van der Waals surface area contributed by atoms with Crippen molar-refractivity contribution < 1.29 is 14.6 Å². The molecular weight excluding hydrogens is 554 g/mol. The second kappa shape index (κ2) is 13.0. The number of piperidine rings is 1. The third-order valence-electron chi connectivity index (χ3n) is 9.70. The number of aromatic hydroxyl groups is 1. The van der Waals surface area contributed by atoms with E-state index in [1.165, 1.54) is 36.9 Å². The van der Waals surface area contributed by atoms with E-state index in [0.29, 0.717) is 35.4 Å². The number of likely N-dealkylation sites (tertiary alicyclic amines) is 1. The Morgan fingerprint density at radius 2 is 1.68 bits per heavy atom. The number of hydrogen-bond donors (Lipinski definition) is 4. The van der Waals surface area contributed by atoms with Crippen LogP contribution in [0.3, 0.4) is 0 Å². The summed E-state index contributed by atoms with van der Waals surface area (Å²) < 4.78 is 5.52. The van der Waals surface area contributed by atoms with Crippen LogP contribution in [-0.2, 0) is 11.2 Å². The van der Waals surface area contributed by atoms with Crippen LogP contribution in [0.5, 0.6) is 5.75 Å². The molecule has 6 rings (SSSR count). The van der Waals surface area contributed by atoms with Crippen LogP contribution in [0, 0.1) is 0 Å². The number of aromatic nitrogens is 3. The molecule has 1 amide bonds. The van der Waals surface area contributed by atoms with Crippen LogP contribution >= 0.6 is 0 Å². The molecule has 10 nitrogen and oxygen atoms in total. The van der Waals surface area contributed by atoms with Crippen LogP contribution < -0.4 is 10.6 Å². The predicted molar refractivity (Wildman–Crippen MR) is 173 cm³/mol. The Kier molecular flexibility index (Phi) is 9.12. The fourth-order valence-corrected chi connectivity index (χ4v) is 7.41. The molecular formula is C34H49N7O3. The maximum Gasteiger partial charge on any atom is 0.410 e. The van der Waals surface area contributed by atoms with E-state index in [2.05, 4.69) is 43.7 Å². The van der Waals surface area contributed by atoms with Crippen molar-refractivity contribution in [2.75, 3.05) is 32.7 Å². The number of para-hydroxylation sites is 1. The number of carbonyl (C=O) groups excluding carboxylic acids is 1. The summed E-state index contributed by atoms with van der Waals surface area (Å²) >= 11 is 0. The zero-order valence-electron chi connectivity index (χ0n) is 26.7. The zero-order valence-corrected chi connectivity index (χ0v) is 26.7. The molecule has 238 valence electrons.